The lowest BCUT2D eigenvalue weighted by Gasteiger charge is -2.22. The van der Waals surface area contributed by atoms with Crippen molar-refractivity contribution in [2.45, 2.75) is 32.0 Å². The summed E-state index contributed by atoms with van der Waals surface area (Å²) in [4.78, 5) is 4.60. The minimum absolute atomic E-state index is 0.256. The number of halogens is 3. The van der Waals surface area contributed by atoms with Crippen LogP contribution in [0, 0.1) is 5.92 Å². The van der Waals surface area contributed by atoms with Gasteiger partial charge in [0.2, 0.25) is 0 Å². The SMILES string of the molecule is FC(F)(F)Oc1ccccc1-c1cc(NCCCC2CCCNC2)c2ccccc2n1. The summed E-state index contributed by atoms with van der Waals surface area (Å²) in [5.41, 5.74) is 2.34. The first-order valence-corrected chi connectivity index (χ1v) is 10.7. The van der Waals surface area contributed by atoms with E-state index in [1.165, 1.54) is 25.0 Å². The molecule has 2 N–H and O–H groups in total. The molecule has 1 fully saturated rings. The summed E-state index contributed by atoms with van der Waals surface area (Å²) in [5, 5.41) is 7.87. The lowest BCUT2D eigenvalue weighted by Crippen LogP contribution is -2.29. The fraction of sp³-hybridized carbons (Fsp3) is 0.375. The van der Waals surface area contributed by atoms with Gasteiger partial charge in [-0.2, -0.15) is 0 Å². The van der Waals surface area contributed by atoms with Crippen LogP contribution in [0.25, 0.3) is 22.2 Å². The molecule has 1 atom stereocenters. The van der Waals surface area contributed by atoms with Crippen LogP contribution in [-0.2, 0) is 0 Å². The van der Waals surface area contributed by atoms with E-state index in [4.69, 9.17) is 0 Å². The van der Waals surface area contributed by atoms with Gasteiger partial charge in [0.1, 0.15) is 5.75 Å². The van der Waals surface area contributed by atoms with Crippen LogP contribution in [0.4, 0.5) is 18.9 Å². The van der Waals surface area contributed by atoms with Gasteiger partial charge in [0.15, 0.2) is 0 Å². The predicted octanol–water partition coefficient (Wildman–Crippen LogP) is 5.99. The van der Waals surface area contributed by atoms with Crippen LogP contribution in [0.5, 0.6) is 5.75 Å². The number of anilines is 1. The zero-order valence-electron chi connectivity index (χ0n) is 17.2. The van der Waals surface area contributed by atoms with Crippen molar-refractivity contribution in [3.63, 3.8) is 0 Å². The lowest BCUT2D eigenvalue weighted by molar-refractivity contribution is -0.274. The fourth-order valence-electron chi connectivity index (χ4n) is 4.14. The molecule has 1 aromatic heterocycles. The number of alkyl halides is 3. The number of pyridine rings is 1. The number of rotatable bonds is 7. The van der Waals surface area contributed by atoms with Gasteiger partial charge in [-0.15, -0.1) is 13.2 Å². The van der Waals surface area contributed by atoms with Gasteiger partial charge in [0.25, 0.3) is 0 Å². The third kappa shape index (κ3) is 5.67. The Balaban J connectivity index is 1.57. The summed E-state index contributed by atoms with van der Waals surface area (Å²) >= 11 is 0. The molecule has 0 bridgehead atoms. The van der Waals surface area contributed by atoms with Crippen molar-refractivity contribution < 1.29 is 17.9 Å². The van der Waals surface area contributed by atoms with Gasteiger partial charge in [-0.05, 0) is 69.0 Å². The standard InChI is InChI=1S/C24H26F3N3O/c25-24(26,27)31-23-12-4-2-10-19(23)22-15-21(18-9-1-3-11-20(18)30-22)29-14-6-8-17-7-5-13-28-16-17/h1-4,9-12,15,17,28H,5-8,13-14,16H2,(H,29,30). The highest BCUT2D eigenvalue weighted by atomic mass is 19.4. The van der Waals surface area contributed by atoms with Crippen molar-refractivity contribution in [3.05, 3.63) is 54.6 Å². The first-order valence-electron chi connectivity index (χ1n) is 10.7. The topological polar surface area (TPSA) is 46.2 Å². The Labute approximate surface area is 179 Å². The lowest BCUT2D eigenvalue weighted by atomic mass is 9.95. The summed E-state index contributed by atoms with van der Waals surface area (Å²) in [5.74, 6) is 0.459. The maximum absolute atomic E-state index is 12.9. The molecule has 4 nitrogen and oxygen atoms in total. The summed E-state index contributed by atoms with van der Waals surface area (Å²) in [7, 11) is 0. The molecule has 4 rings (SSSR count). The molecule has 1 aliphatic heterocycles. The number of piperidine rings is 1. The summed E-state index contributed by atoms with van der Waals surface area (Å²) in [6.45, 7) is 2.99. The van der Waals surface area contributed by atoms with E-state index in [2.05, 4.69) is 20.4 Å². The second-order valence-electron chi connectivity index (χ2n) is 7.90. The molecule has 1 saturated heterocycles. The third-order valence-corrected chi connectivity index (χ3v) is 5.61. The average molecular weight is 429 g/mol. The van der Waals surface area contributed by atoms with Crippen LogP contribution in [0.2, 0.25) is 0 Å². The van der Waals surface area contributed by atoms with Crippen LogP contribution < -0.4 is 15.4 Å². The molecule has 0 saturated carbocycles. The van der Waals surface area contributed by atoms with E-state index in [0.717, 1.165) is 49.1 Å². The predicted molar refractivity (Wildman–Crippen MR) is 117 cm³/mol. The summed E-state index contributed by atoms with van der Waals surface area (Å²) in [6.07, 6.45) is -0.0760. The Kier molecular flexibility index (Phi) is 6.61. The van der Waals surface area contributed by atoms with Gasteiger partial charge in [0.05, 0.1) is 11.2 Å². The summed E-state index contributed by atoms with van der Waals surface area (Å²) in [6, 6.07) is 15.6. The van der Waals surface area contributed by atoms with Gasteiger partial charge in [-0.25, -0.2) is 4.98 Å². The third-order valence-electron chi connectivity index (χ3n) is 5.61. The van der Waals surface area contributed by atoms with E-state index < -0.39 is 6.36 Å². The molecular formula is C24H26F3N3O. The van der Waals surface area contributed by atoms with Crippen LogP contribution >= 0.6 is 0 Å². The molecule has 7 heteroatoms. The maximum Gasteiger partial charge on any atom is 0.573 e. The Morgan fingerprint density at radius 1 is 1.10 bits per heavy atom. The van der Waals surface area contributed by atoms with Gasteiger partial charge in [-0.1, -0.05) is 30.3 Å². The van der Waals surface area contributed by atoms with E-state index in [-0.39, 0.29) is 5.75 Å². The van der Waals surface area contributed by atoms with Crippen molar-refractivity contribution in [2.24, 2.45) is 5.92 Å². The monoisotopic (exact) mass is 429 g/mol. The zero-order valence-corrected chi connectivity index (χ0v) is 17.2. The zero-order chi connectivity index (χ0) is 21.7. The molecule has 2 aromatic carbocycles. The second-order valence-corrected chi connectivity index (χ2v) is 7.90. The molecule has 31 heavy (non-hydrogen) atoms. The normalized spacial score (nSPS) is 16.9. The number of nitrogens with zero attached hydrogens (tertiary/aromatic N) is 1. The molecule has 3 aromatic rings. The van der Waals surface area contributed by atoms with E-state index in [9.17, 15) is 13.2 Å². The number of hydrogen-bond donors (Lipinski definition) is 2. The van der Waals surface area contributed by atoms with Crippen molar-refractivity contribution in [2.75, 3.05) is 25.0 Å². The minimum Gasteiger partial charge on any atom is -0.405 e. The highest BCUT2D eigenvalue weighted by Crippen LogP contribution is 2.35. The minimum atomic E-state index is -4.76. The van der Waals surface area contributed by atoms with E-state index in [0.29, 0.717) is 17.2 Å². The number of benzene rings is 2. The van der Waals surface area contributed by atoms with Gasteiger partial charge >= 0.3 is 6.36 Å². The summed E-state index contributed by atoms with van der Waals surface area (Å²) < 4.78 is 42.8. The number of ether oxygens (including phenoxy) is 1. The molecule has 0 amide bonds. The van der Waals surface area contributed by atoms with Crippen LogP contribution in [0.3, 0.4) is 0 Å². The molecule has 0 radical (unpaired) electrons. The Hall–Kier alpha value is -2.80. The quantitative estimate of drug-likeness (QED) is 0.453. The molecule has 2 heterocycles. The molecule has 164 valence electrons. The average Bonchev–Trinajstić information content (AvgIpc) is 2.76. The number of aromatic nitrogens is 1. The molecule has 1 unspecified atom stereocenters. The molecule has 1 aliphatic rings. The van der Waals surface area contributed by atoms with E-state index in [1.54, 1.807) is 12.1 Å². The van der Waals surface area contributed by atoms with Crippen LogP contribution in [0.1, 0.15) is 25.7 Å². The van der Waals surface area contributed by atoms with Crippen LogP contribution in [0.15, 0.2) is 54.6 Å². The molecular weight excluding hydrogens is 403 g/mol. The van der Waals surface area contributed by atoms with Crippen LogP contribution in [-0.4, -0.2) is 31.0 Å². The van der Waals surface area contributed by atoms with Crippen molar-refractivity contribution in [1.82, 2.24) is 10.3 Å². The van der Waals surface area contributed by atoms with Crippen molar-refractivity contribution in [1.29, 1.82) is 0 Å². The maximum atomic E-state index is 12.9. The van der Waals surface area contributed by atoms with Gasteiger partial charge in [0, 0.05) is 23.2 Å². The number of nitrogens with one attached hydrogen (secondary N) is 2. The van der Waals surface area contributed by atoms with Crippen molar-refractivity contribution >= 4 is 16.6 Å². The first-order chi connectivity index (χ1) is 15.0. The fourth-order valence-corrected chi connectivity index (χ4v) is 4.14. The molecule has 0 spiro atoms. The smallest absolute Gasteiger partial charge is 0.405 e. The Morgan fingerprint density at radius 3 is 2.71 bits per heavy atom. The highest BCUT2D eigenvalue weighted by molar-refractivity contribution is 5.94. The molecule has 0 aliphatic carbocycles. The number of hydrogen-bond acceptors (Lipinski definition) is 4. The van der Waals surface area contributed by atoms with E-state index in [1.807, 2.05) is 30.3 Å². The first kappa shape index (κ1) is 21.4. The largest absolute Gasteiger partial charge is 0.573 e. The van der Waals surface area contributed by atoms with Crippen molar-refractivity contribution in [3.8, 4) is 17.0 Å². The Bertz CT molecular complexity index is 1020. The van der Waals surface area contributed by atoms with Gasteiger partial charge < -0.3 is 15.4 Å². The van der Waals surface area contributed by atoms with E-state index >= 15 is 0 Å². The second kappa shape index (κ2) is 9.56. The highest BCUT2D eigenvalue weighted by Gasteiger charge is 2.32. The number of para-hydroxylation sites is 2. The van der Waals surface area contributed by atoms with Gasteiger partial charge in [-0.3, -0.25) is 0 Å². The Morgan fingerprint density at radius 2 is 1.90 bits per heavy atom. The number of fused-ring (bicyclic) bond motifs is 1.